The first kappa shape index (κ1) is 21.5. The number of rotatable bonds is 5. The van der Waals surface area contributed by atoms with Crippen LogP contribution in [0.5, 0.6) is 0 Å². The van der Waals surface area contributed by atoms with Crippen LogP contribution in [-0.4, -0.2) is 40.8 Å². The van der Waals surface area contributed by atoms with E-state index in [1.807, 2.05) is 0 Å². The van der Waals surface area contributed by atoms with Gasteiger partial charge in [-0.05, 0) is 47.9 Å². The van der Waals surface area contributed by atoms with Crippen LogP contribution < -0.4 is 5.32 Å². The molecule has 0 saturated heterocycles. The number of fused-ring (bicyclic) bond motifs is 2. The Morgan fingerprint density at radius 2 is 2.06 bits per heavy atom. The summed E-state index contributed by atoms with van der Waals surface area (Å²) in [5.74, 6) is -0.449. The number of imidazole rings is 1. The number of hydrogen-bond donors (Lipinski definition) is 1. The molecule has 1 N–H and O–H groups in total. The van der Waals surface area contributed by atoms with E-state index >= 15 is 0 Å². The molecule has 32 heavy (non-hydrogen) atoms. The maximum atomic E-state index is 13.6. The second-order valence-electron chi connectivity index (χ2n) is 7.18. The molecule has 0 bridgehead atoms. The van der Waals surface area contributed by atoms with Gasteiger partial charge in [0.05, 0.1) is 30.4 Å². The number of ketones is 1. The van der Waals surface area contributed by atoms with E-state index in [1.165, 1.54) is 24.8 Å². The highest BCUT2D eigenvalue weighted by Gasteiger charge is 2.33. The van der Waals surface area contributed by atoms with Gasteiger partial charge in [0.25, 0.3) is 0 Å². The Bertz CT molecular complexity index is 1230. The number of ether oxygens (including phenoxy) is 1. The molecular weight excluding hydrogens is 425 g/mol. The smallest absolute Gasteiger partial charge is 0.417 e. The van der Waals surface area contributed by atoms with E-state index < -0.39 is 17.7 Å². The molecule has 0 aliphatic carbocycles. The Hall–Kier alpha value is -3.69. The van der Waals surface area contributed by atoms with Gasteiger partial charge in [0.2, 0.25) is 5.78 Å². The minimum Gasteiger partial charge on any atom is -0.462 e. The average molecular weight is 444 g/mol. The predicted octanol–water partition coefficient (Wildman–Crippen LogP) is 4.11. The number of aromatic nitrogens is 2. The molecule has 166 valence electrons. The molecule has 0 unspecified atom stereocenters. The summed E-state index contributed by atoms with van der Waals surface area (Å²) in [5.41, 5.74) is 0.0398. The van der Waals surface area contributed by atoms with Crippen LogP contribution in [0.15, 0.2) is 41.7 Å². The fourth-order valence-electron chi connectivity index (χ4n) is 3.71. The summed E-state index contributed by atoms with van der Waals surface area (Å²) in [6, 6.07) is 6.71. The topological polar surface area (TPSA) is 85.6 Å². The zero-order valence-electron chi connectivity index (χ0n) is 17.1. The molecule has 1 aliphatic rings. The lowest BCUT2D eigenvalue weighted by Crippen LogP contribution is -2.11. The van der Waals surface area contributed by atoms with Crippen LogP contribution in [-0.2, 0) is 23.9 Å². The molecule has 2 heterocycles. The van der Waals surface area contributed by atoms with Crippen molar-refractivity contribution in [1.82, 2.24) is 9.55 Å². The molecule has 0 spiro atoms. The highest BCUT2D eigenvalue weighted by atomic mass is 19.4. The number of esters is 1. The van der Waals surface area contributed by atoms with Gasteiger partial charge in [-0.1, -0.05) is 12.1 Å². The van der Waals surface area contributed by atoms with Gasteiger partial charge in [0, 0.05) is 6.54 Å². The summed E-state index contributed by atoms with van der Waals surface area (Å²) in [5, 5.41) is 3.25. The lowest BCUT2D eigenvalue weighted by atomic mass is 9.95. The Morgan fingerprint density at radius 3 is 2.81 bits per heavy atom. The van der Waals surface area contributed by atoms with Crippen LogP contribution in [0.3, 0.4) is 0 Å². The van der Waals surface area contributed by atoms with E-state index in [0.717, 1.165) is 6.07 Å². The summed E-state index contributed by atoms with van der Waals surface area (Å²) < 4.78 is 47.6. The summed E-state index contributed by atoms with van der Waals surface area (Å²) in [7, 11) is 0. The summed E-state index contributed by atoms with van der Waals surface area (Å²) in [6.45, 7) is 2.04. The van der Waals surface area contributed by atoms with E-state index in [1.54, 1.807) is 23.6 Å². The first-order valence-electron chi connectivity index (χ1n) is 9.92. The summed E-state index contributed by atoms with van der Waals surface area (Å²) in [6.07, 6.45) is -1.38. The molecule has 3 aromatic rings. The highest BCUT2D eigenvalue weighted by molar-refractivity contribution is 6.04. The second-order valence-corrected chi connectivity index (χ2v) is 7.18. The van der Waals surface area contributed by atoms with Gasteiger partial charge in [-0.15, -0.1) is 0 Å². The molecule has 2 aromatic carbocycles. The van der Waals surface area contributed by atoms with Crippen molar-refractivity contribution in [3.05, 3.63) is 59.0 Å². The SMILES string of the molecule is CCOC(=O)c1cc(CCn2cnc3c2NC=NCC3=O)c2cccc(C(F)(F)F)c2c1. The molecule has 4 rings (SSSR count). The Kier molecular flexibility index (Phi) is 5.68. The van der Waals surface area contributed by atoms with Gasteiger partial charge in [0.1, 0.15) is 12.4 Å². The maximum Gasteiger partial charge on any atom is 0.417 e. The van der Waals surface area contributed by atoms with Gasteiger partial charge in [-0.2, -0.15) is 13.2 Å². The zero-order chi connectivity index (χ0) is 22.9. The van der Waals surface area contributed by atoms with Crippen molar-refractivity contribution in [3.63, 3.8) is 0 Å². The lowest BCUT2D eigenvalue weighted by Gasteiger charge is -2.15. The van der Waals surface area contributed by atoms with Crippen molar-refractivity contribution < 1.29 is 27.5 Å². The molecule has 0 radical (unpaired) electrons. The standard InChI is InChI=1S/C22H19F3N4O3/c1-2-32-21(31)14-8-13(15-4-3-5-17(16(15)9-14)22(23,24)25)6-7-29-12-28-19-18(30)10-26-11-27-20(19)29/h3-5,8-9,11-12H,2,6-7,10H2,1H3,(H,26,27). The molecule has 0 saturated carbocycles. The van der Waals surface area contributed by atoms with Crippen LogP contribution in [0.2, 0.25) is 0 Å². The third-order valence-corrected chi connectivity index (χ3v) is 5.15. The van der Waals surface area contributed by atoms with Crippen LogP contribution >= 0.6 is 0 Å². The van der Waals surface area contributed by atoms with E-state index in [4.69, 9.17) is 4.74 Å². The maximum absolute atomic E-state index is 13.6. The summed E-state index contributed by atoms with van der Waals surface area (Å²) >= 11 is 0. The van der Waals surface area contributed by atoms with Crippen molar-refractivity contribution in [2.45, 2.75) is 26.1 Å². The van der Waals surface area contributed by atoms with Gasteiger partial charge in [-0.25, -0.2) is 9.78 Å². The minimum absolute atomic E-state index is 0.0105. The van der Waals surface area contributed by atoms with Crippen molar-refractivity contribution in [2.75, 3.05) is 18.5 Å². The van der Waals surface area contributed by atoms with Crippen LogP contribution in [0.25, 0.3) is 10.8 Å². The Morgan fingerprint density at radius 1 is 1.25 bits per heavy atom. The van der Waals surface area contributed by atoms with E-state index in [0.29, 0.717) is 29.7 Å². The largest absolute Gasteiger partial charge is 0.462 e. The minimum atomic E-state index is -4.57. The number of aryl methyl sites for hydroxylation is 2. The number of nitrogens with one attached hydrogen (secondary N) is 1. The van der Waals surface area contributed by atoms with Crippen LogP contribution in [0.4, 0.5) is 19.0 Å². The van der Waals surface area contributed by atoms with Gasteiger partial charge in [-0.3, -0.25) is 9.79 Å². The molecule has 0 amide bonds. The number of Topliss-reactive ketones (excluding diaryl/α,β-unsaturated/α-hetero) is 1. The van der Waals surface area contributed by atoms with Crippen molar-refractivity contribution >= 4 is 34.7 Å². The third-order valence-electron chi connectivity index (χ3n) is 5.15. The third kappa shape index (κ3) is 4.08. The molecule has 7 nitrogen and oxygen atoms in total. The van der Waals surface area contributed by atoms with E-state index in [9.17, 15) is 22.8 Å². The number of aliphatic imine (C=N–C) groups is 1. The molecular formula is C22H19F3N4O3. The van der Waals surface area contributed by atoms with Crippen LogP contribution in [0.1, 0.15) is 38.9 Å². The average Bonchev–Trinajstić information content (AvgIpc) is 3.07. The molecule has 0 atom stereocenters. The highest BCUT2D eigenvalue weighted by Crippen LogP contribution is 2.36. The molecule has 10 heteroatoms. The fraction of sp³-hybridized carbons (Fsp3) is 0.273. The van der Waals surface area contributed by atoms with Gasteiger partial charge < -0.3 is 14.6 Å². The van der Waals surface area contributed by atoms with Gasteiger partial charge in [0.15, 0.2) is 5.69 Å². The molecule has 0 fully saturated rings. The molecule has 1 aromatic heterocycles. The number of hydrogen-bond acceptors (Lipinski definition) is 6. The summed E-state index contributed by atoms with van der Waals surface area (Å²) in [4.78, 5) is 32.5. The van der Waals surface area contributed by atoms with Crippen molar-refractivity contribution in [3.8, 4) is 0 Å². The fourth-order valence-corrected chi connectivity index (χ4v) is 3.71. The first-order valence-corrected chi connectivity index (χ1v) is 9.92. The quantitative estimate of drug-likeness (QED) is 0.599. The number of alkyl halides is 3. The molecule has 1 aliphatic heterocycles. The van der Waals surface area contributed by atoms with E-state index in [2.05, 4.69) is 15.3 Å². The predicted molar refractivity (Wildman–Crippen MR) is 112 cm³/mol. The van der Waals surface area contributed by atoms with Gasteiger partial charge >= 0.3 is 12.1 Å². The number of benzene rings is 2. The number of carbonyl (C=O) groups excluding carboxylic acids is 2. The van der Waals surface area contributed by atoms with Crippen molar-refractivity contribution in [1.29, 1.82) is 0 Å². The Labute approximate surface area is 180 Å². The first-order chi connectivity index (χ1) is 15.3. The normalized spacial score (nSPS) is 13.6. The second kappa shape index (κ2) is 8.45. The van der Waals surface area contributed by atoms with Crippen LogP contribution in [0, 0.1) is 0 Å². The lowest BCUT2D eigenvalue weighted by molar-refractivity contribution is -0.136. The number of halogens is 3. The van der Waals surface area contributed by atoms with Crippen molar-refractivity contribution in [2.24, 2.45) is 4.99 Å². The van der Waals surface area contributed by atoms with E-state index in [-0.39, 0.29) is 35.6 Å². The zero-order valence-corrected chi connectivity index (χ0v) is 17.1. The monoisotopic (exact) mass is 444 g/mol. The number of anilines is 1. The number of carbonyl (C=O) groups is 2. The Balaban J connectivity index is 1.76. The number of nitrogens with zero attached hydrogens (tertiary/aromatic N) is 3.